The molecule has 1 aliphatic heterocycles. The van der Waals surface area contributed by atoms with E-state index in [4.69, 9.17) is 9.15 Å². The van der Waals surface area contributed by atoms with Crippen molar-refractivity contribution in [3.63, 3.8) is 0 Å². The molecule has 0 fully saturated rings. The first kappa shape index (κ1) is 16.4. The Labute approximate surface area is 154 Å². The van der Waals surface area contributed by atoms with E-state index in [1.165, 1.54) is 18.9 Å². The summed E-state index contributed by atoms with van der Waals surface area (Å²) >= 11 is 1.45. The number of thioether (sulfide) groups is 1. The maximum Gasteiger partial charge on any atom is 0.337 e. The van der Waals surface area contributed by atoms with Crippen molar-refractivity contribution in [2.45, 2.75) is 4.90 Å². The third kappa shape index (κ3) is 2.97. The molecule has 0 saturated heterocycles. The lowest BCUT2D eigenvalue weighted by molar-refractivity contribution is 0.0600. The van der Waals surface area contributed by atoms with Gasteiger partial charge in [0.1, 0.15) is 11.5 Å². The van der Waals surface area contributed by atoms with Gasteiger partial charge in [-0.25, -0.2) is 4.79 Å². The van der Waals surface area contributed by atoms with Crippen LogP contribution in [0.25, 0.3) is 17.4 Å². The monoisotopic (exact) mass is 362 g/mol. The quantitative estimate of drug-likeness (QED) is 0.481. The molecule has 0 radical (unpaired) electrons. The largest absolute Gasteiger partial charge is 0.465 e. The normalized spacial score (nSPS) is 14.5. The van der Waals surface area contributed by atoms with Crippen LogP contribution >= 0.6 is 11.8 Å². The van der Waals surface area contributed by atoms with Crippen LogP contribution < -0.4 is 0 Å². The Morgan fingerprint density at radius 2 is 1.81 bits per heavy atom. The Hall–Kier alpha value is -3.05. The van der Waals surface area contributed by atoms with Crippen LogP contribution in [0.2, 0.25) is 0 Å². The van der Waals surface area contributed by atoms with Crippen molar-refractivity contribution in [3.05, 3.63) is 82.5 Å². The number of esters is 1. The summed E-state index contributed by atoms with van der Waals surface area (Å²) in [5.41, 5.74) is 2.06. The first-order valence-corrected chi connectivity index (χ1v) is 8.79. The highest BCUT2D eigenvalue weighted by Gasteiger charge is 2.25. The van der Waals surface area contributed by atoms with Crippen LogP contribution in [0.3, 0.4) is 0 Å². The van der Waals surface area contributed by atoms with Crippen molar-refractivity contribution in [3.8, 4) is 11.3 Å². The molecule has 2 aromatic carbocycles. The number of allylic oxidation sites excluding steroid dienone is 1. The molecule has 0 unspecified atom stereocenters. The number of fused-ring (bicyclic) bond motifs is 1. The van der Waals surface area contributed by atoms with Gasteiger partial charge in [-0.3, -0.25) is 4.79 Å². The minimum absolute atomic E-state index is 0.0194. The fourth-order valence-corrected chi connectivity index (χ4v) is 3.77. The number of rotatable bonds is 3. The summed E-state index contributed by atoms with van der Waals surface area (Å²) in [7, 11) is 1.35. The molecule has 0 spiro atoms. The van der Waals surface area contributed by atoms with Crippen LogP contribution in [0.4, 0.5) is 0 Å². The van der Waals surface area contributed by atoms with Crippen LogP contribution in [0.15, 0.2) is 74.9 Å². The molecule has 3 aromatic rings. The van der Waals surface area contributed by atoms with E-state index in [9.17, 15) is 9.59 Å². The summed E-state index contributed by atoms with van der Waals surface area (Å²) in [4.78, 5) is 25.5. The first-order chi connectivity index (χ1) is 12.7. The van der Waals surface area contributed by atoms with Crippen molar-refractivity contribution in [1.82, 2.24) is 0 Å². The lowest BCUT2D eigenvalue weighted by atomic mass is 10.1. The van der Waals surface area contributed by atoms with Gasteiger partial charge in [0.05, 0.1) is 17.6 Å². The number of carbonyl (C=O) groups excluding carboxylic acids is 2. The molecule has 0 amide bonds. The van der Waals surface area contributed by atoms with Gasteiger partial charge in [-0.15, -0.1) is 0 Å². The van der Waals surface area contributed by atoms with Crippen molar-refractivity contribution >= 4 is 29.6 Å². The van der Waals surface area contributed by atoms with Crippen LogP contribution in [-0.2, 0) is 4.74 Å². The summed E-state index contributed by atoms with van der Waals surface area (Å²) in [5.74, 6) is 0.922. The maximum absolute atomic E-state index is 12.4. The molecular weight excluding hydrogens is 348 g/mol. The highest BCUT2D eigenvalue weighted by atomic mass is 32.2. The van der Waals surface area contributed by atoms with Gasteiger partial charge in [-0.1, -0.05) is 36.0 Å². The Balaban J connectivity index is 1.58. The average Bonchev–Trinajstić information content (AvgIpc) is 3.27. The Morgan fingerprint density at radius 1 is 1.04 bits per heavy atom. The summed E-state index contributed by atoms with van der Waals surface area (Å²) in [6.07, 6.45) is 1.76. The van der Waals surface area contributed by atoms with E-state index in [-0.39, 0.29) is 11.8 Å². The van der Waals surface area contributed by atoms with E-state index in [0.29, 0.717) is 22.0 Å². The number of ether oxygens (including phenoxy) is 1. The zero-order chi connectivity index (χ0) is 18.1. The SMILES string of the molecule is COC(=O)c1ccc(-c2ccc(/C=C3/Sc4ccccc4C3=O)o2)cc1. The average molecular weight is 362 g/mol. The van der Waals surface area contributed by atoms with Gasteiger partial charge in [-0.05, 0) is 42.5 Å². The summed E-state index contributed by atoms with van der Waals surface area (Å²) in [6, 6.07) is 18.2. The predicted molar refractivity (Wildman–Crippen MR) is 100 cm³/mol. The van der Waals surface area contributed by atoms with Gasteiger partial charge >= 0.3 is 5.97 Å². The second-order valence-corrected chi connectivity index (χ2v) is 6.79. The third-order valence-electron chi connectivity index (χ3n) is 4.07. The molecule has 1 aromatic heterocycles. The van der Waals surface area contributed by atoms with Crippen molar-refractivity contribution in [1.29, 1.82) is 0 Å². The summed E-state index contributed by atoms with van der Waals surface area (Å²) in [5, 5.41) is 0. The smallest absolute Gasteiger partial charge is 0.337 e. The van der Waals surface area contributed by atoms with E-state index in [1.54, 1.807) is 30.3 Å². The molecule has 26 heavy (non-hydrogen) atoms. The maximum atomic E-state index is 12.4. The minimum Gasteiger partial charge on any atom is -0.465 e. The van der Waals surface area contributed by atoms with Crippen LogP contribution in [0.1, 0.15) is 26.5 Å². The minimum atomic E-state index is -0.377. The van der Waals surface area contributed by atoms with Crippen LogP contribution in [0.5, 0.6) is 0 Å². The lowest BCUT2D eigenvalue weighted by Crippen LogP contribution is -2.00. The number of Topliss-reactive ketones (excluding diaryl/α,β-unsaturated/α-hetero) is 1. The number of hydrogen-bond acceptors (Lipinski definition) is 5. The molecule has 0 atom stereocenters. The van der Waals surface area contributed by atoms with Gasteiger partial charge in [0.15, 0.2) is 0 Å². The Bertz CT molecular complexity index is 1030. The predicted octanol–water partition coefficient (Wildman–Crippen LogP) is 5.06. The van der Waals surface area contributed by atoms with Crippen molar-refractivity contribution < 1.29 is 18.7 Å². The highest BCUT2D eigenvalue weighted by Crippen LogP contribution is 2.40. The van der Waals surface area contributed by atoms with Crippen LogP contribution in [0, 0.1) is 0 Å². The second kappa shape index (κ2) is 6.69. The molecule has 1 aliphatic rings. The molecular formula is C21H14O4S. The van der Waals surface area contributed by atoms with Gasteiger partial charge in [0.2, 0.25) is 5.78 Å². The van der Waals surface area contributed by atoms with E-state index in [2.05, 4.69) is 0 Å². The van der Waals surface area contributed by atoms with E-state index in [1.807, 2.05) is 36.4 Å². The molecule has 4 rings (SSSR count). The summed E-state index contributed by atoms with van der Waals surface area (Å²) in [6.45, 7) is 0. The van der Waals surface area contributed by atoms with Gasteiger partial charge in [0.25, 0.3) is 0 Å². The zero-order valence-electron chi connectivity index (χ0n) is 13.9. The molecule has 0 N–H and O–H groups in total. The van der Waals surface area contributed by atoms with Crippen molar-refractivity contribution in [2.24, 2.45) is 0 Å². The second-order valence-electron chi connectivity index (χ2n) is 5.71. The van der Waals surface area contributed by atoms with Crippen LogP contribution in [-0.4, -0.2) is 18.9 Å². The molecule has 0 aliphatic carbocycles. The number of methoxy groups -OCH3 is 1. The molecule has 5 heteroatoms. The van der Waals surface area contributed by atoms with Gasteiger partial charge < -0.3 is 9.15 Å². The molecule has 0 bridgehead atoms. The van der Waals surface area contributed by atoms with Gasteiger partial charge in [0, 0.05) is 16.0 Å². The molecule has 0 saturated carbocycles. The number of ketones is 1. The fourth-order valence-electron chi connectivity index (χ4n) is 2.74. The number of hydrogen-bond donors (Lipinski definition) is 0. The topological polar surface area (TPSA) is 56.5 Å². The number of benzene rings is 2. The van der Waals surface area contributed by atoms with Crippen molar-refractivity contribution in [2.75, 3.05) is 7.11 Å². The third-order valence-corrected chi connectivity index (χ3v) is 5.17. The molecule has 128 valence electrons. The fraction of sp³-hybridized carbons (Fsp3) is 0.0476. The van der Waals surface area contributed by atoms with E-state index < -0.39 is 0 Å². The molecule has 4 nitrogen and oxygen atoms in total. The van der Waals surface area contributed by atoms with E-state index in [0.717, 1.165) is 16.0 Å². The highest BCUT2D eigenvalue weighted by molar-refractivity contribution is 8.04. The van der Waals surface area contributed by atoms with Gasteiger partial charge in [-0.2, -0.15) is 0 Å². The Morgan fingerprint density at radius 3 is 2.54 bits per heavy atom. The lowest BCUT2D eigenvalue weighted by Gasteiger charge is -2.00. The number of carbonyl (C=O) groups is 2. The standard InChI is InChI=1S/C21H14O4S/c1-24-21(23)14-8-6-13(7-9-14)17-11-10-15(25-17)12-19-20(22)16-4-2-3-5-18(16)26-19/h2-12H,1H3/b19-12+. The summed E-state index contributed by atoms with van der Waals surface area (Å²) < 4.78 is 10.5. The molecule has 2 heterocycles. The van der Waals surface area contributed by atoms with E-state index >= 15 is 0 Å². The Kier molecular flexibility index (Phi) is 4.22. The number of furan rings is 1. The first-order valence-electron chi connectivity index (χ1n) is 7.97. The zero-order valence-corrected chi connectivity index (χ0v) is 14.7.